The SMILES string of the molecule is COc1cc(-c2ccc(-c3cnc(N(C4CC4)[C@H]4C[C@@H]5CCC[C@@](C)(N5)[C@H]4F)nn3)c(O)c2)cnc1OC. The van der Waals surface area contributed by atoms with Gasteiger partial charge >= 0.3 is 0 Å². The quantitative estimate of drug-likeness (QED) is 0.472. The second kappa shape index (κ2) is 9.65. The molecule has 2 N–H and O–H groups in total. The molecule has 2 saturated heterocycles. The van der Waals surface area contributed by atoms with Crippen LogP contribution in [0.25, 0.3) is 22.4 Å². The van der Waals surface area contributed by atoms with E-state index in [-0.39, 0.29) is 17.8 Å². The lowest BCUT2D eigenvalue weighted by molar-refractivity contribution is 0.0383. The molecule has 38 heavy (non-hydrogen) atoms. The van der Waals surface area contributed by atoms with Gasteiger partial charge in [0.25, 0.3) is 5.88 Å². The fourth-order valence-corrected chi connectivity index (χ4v) is 6.07. The second-order valence-corrected chi connectivity index (χ2v) is 10.8. The minimum Gasteiger partial charge on any atom is -0.507 e. The lowest BCUT2D eigenvalue weighted by Gasteiger charge is -2.52. The first-order valence-electron chi connectivity index (χ1n) is 13.2. The number of pyridine rings is 1. The van der Waals surface area contributed by atoms with Crippen molar-refractivity contribution in [2.45, 2.75) is 75.3 Å². The zero-order valence-corrected chi connectivity index (χ0v) is 21.9. The van der Waals surface area contributed by atoms with E-state index < -0.39 is 11.7 Å². The maximum absolute atomic E-state index is 15.9. The van der Waals surface area contributed by atoms with Crippen LogP contribution in [0.5, 0.6) is 17.4 Å². The molecule has 1 aliphatic carbocycles. The van der Waals surface area contributed by atoms with Gasteiger partial charge in [-0.15, -0.1) is 10.2 Å². The van der Waals surface area contributed by atoms with E-state index in [9.17, 15) is 5.11 Å². The molecule has 3 fully saturated rings. The number of alkyl halides is 1. The average Bonchev–Trinajstić information content (AvgIpc) is 3.77. The monoisotopic (exact) mass is 520 g/mol. The third kappa shape index (κ3) is 4.40. The van der Waals surface area contributed by atoms with Gasteiger partial charge in [0.1, 0.15) is 17.6 Å². The van der Waals surface area contributed by atoms with Gasteiger partial charge in [-0.05, 0) is 69.2 Å². The molecular weight excluding hydrogens is 487 g/mol. The summed E-state index contributed by atoms with van der Waals surface area (Å²) in [6, 6.07) is 7.38. The summed E-state index contributed by atoms with van der Waals surface area (Å²) in [5, 5.41) is 23.2. The molecule has 4 atom stereocenters. The molecule has 9 nitrogen and oxygen atoms in total. The van der Waals surface area contributed by atoms with E-state index in [1.807, 2.05) is 13.0 Å². The highest BCUT2D eigenvalue weighted by Gasteiger charge is 2.52. The first-order valence-corrected chi connectivity index (χ1v) is 13.2. The van der Waals surface area contributed by atoms with Crippen molar-refractivity contribution in [2.24, 2.45) is 0 Å². The lowest BCUT2D eigenvalue weighted by atomic mass is 9.73. The minimum atomic E-state index is -1.01. The fourth-order valence-electron chi connectivity index (χ4n) is 6.07. The zero-order valence-electron chi connectivity index (χ0n) is 21.9. The summed E-state index contributed by atoms with van der Waals surface area (Å²) >= 11 is 0. The molecule has 200 valence electrons. The van der Waals surface area contributed by atoms with Crippen LogP contribution in [0.15, 0.2) is 36.7 Å². The molecule has 0 radical (unpaired) electrons. The number of anilines is 1. The molecule has 0 unspecified atom stereocenters. The van der Waals surface area contributed by atoms with Crippen LogP contribution >= 0.6 is 0 Å². The smallest absolute Gasteiger partial charge is 0.256 e. The number of piperidine rings is 2. The van der Waals surface area contributed by atoms with Gasteiger partial charge in [-0.25, -0.2) is 14.4 Å². The van der Waals surface area contributed by atoms with Gasteiger partial charge < -0.3 is 24.8 Å². The number of phenols is 1. The Morgan fingerprint density at radius 1 is 1.05 bits per heavy atom. The van der Waals surface area contributed by atoms with E-state index in [1.54, 1.807) is 37.7 Å². The van der Waals surface area contributed by atoms with Crippen molar-refractivity contribution in [3.63, 3.8) is 0 Å². The van der Waals surface area contributed by atoms with Crippen molar-refractivity contribution in [3.05, 3.63) is 36.7 Å². The Morgan fingerprint density at radius 3 is 2.58 bits per heavy atom. The molecule has 3 aliphatic rings. The van der Waals surface area contributed by atoms with E-state index in [0.717, 1.165) is 49.7 Å². The molecular formula is C28H33FN6O3. The van der Waals surface area contributed by atoms with Gasteiger partial charge in [-0.1, -0.05) is 6.07 Å². The molecule has 3 aromatic rings. The number of hydrogen-bond donors (Lipinski definition) is 2. The number of aromatic hydroxyl groups is 1. The van der Waals surface area contributed by atoms with E-state index >= 15 is 4.39 Å². The van der Waals surface area contributed by atoms with E-state index in [0.29, 0.717) is 34.9 Å². The van der Waals surface area contributed by atoms with Crippen LogP contribution in [0.3, 0.4) is 0 Å². The number of nitrogens with zero attached hydrogens (tertiary/aromatic N) is 5. The van der Waals surface area contributed by atoms with Crippen LogP contribution in [-0.2, 0) is 0 Å². The average molecular weight is 521 g/mol. The molecule has 0 spiro atoms. The highest BCUT2D eigenvalue weighted by Crippen LogP contribution is 2.43. The first-order chi connectivity index (χ1) is 18.4. The van der Waals surface area contributed by atoms with Crippen LogP contribution in [0.2, 0.25) is 0 Å². The number of rotatable bonds is 7. The van der Waals surface area contributed by atoms with Crippen molar-refractivity contribution in [1.29, 1.82) is 0 Å². The van der Waals surface area contributed by atoms with Crippen LogP contribution < -0.4 is 19.7 Å². The highest BCUT2D eigenvalue weighted by molar-refractivity contribution is 5.74. The van der Waals surface area contributed by atoms with E-state index in [4.69, 9.17) is 9.47 Å². The van der Waals surface area contributed by atoms with Crippen molar-refractivity contribution in [1.82, 2.24) is 25.5 Å². The van der Waals surface area contributed by atoms with Crippen molar-refractivity contribution in [3.8, 4) is 39.8 Å². The first kappa shape index (κ1) is 24.8. The number of hydrogen-bond acceptors (Lipinski definition) is 9. The van der Waals surface area contributed by atoms with E-state index in [2.05, 4.69) is 30.4 Å². The third-order valence-electron chi connectivity index (χ3n) is 8.17. The van der Waals surface area contributed by atoms with Crippen LogP contribution in [-0.4, -0.2) is 69.3 Å². The number of fused-ring (bicyclic) bond motifs is 2. The van der Waals surface area contributed by atoms with Crippen LogP contribution in [0, 0.1) is 0 Å². The van der Waals surface area contributed by atoms with Gasteiger partial charge in [0.2, 0.25) is 5.95 Å². The van der Waals surface area contributed by atoms with Gasteiger partial charge in [0.15, 0.2) is 5.75 Å². The topological polar surface area (TPSA) is 106 Å². The number of phenolic OH excluding ortho intramolecular Hbond substituents is 1. The summed E-state index contributed by atoms with van der Waals surface area (Å²) in [7, 11) is 3.08. The molecule has 0 amide bonds. The van der Waals surface area contributed by atoms with Crippen molar-refractivity contribution >= 4 is 5.95 Å². The number of methoxy groups -OCH3 is 2. The summed E-state index contributed by atoms with van der Waals surface area (Å²) in [6.45, 7) is 2.01. The Kier molecular flexibility index (Phi) is 6.29. The Bertz CT molecular complexity index is 1320. The number of benzene rings is 1. The molecule has 4 heterocycles. The van der Waals surface area contributed by atoms with E-state index in [1.165, 1.54) is 7.11 Å². The number of nitrogens with one attached hydrogen (secondary N) is 1. The number of aromatic nitrogens is 4. The fraction of sp³-hybridized carbons (Fsp3) is 0.500. The highest BCUT2D eigenvalue weighted by atomic mass is 19.1. The Hall–Kier alpha value is -3.53. The zero-order chi connectivity index (χ0) is 26.4. The molecule has 6 rings (SSSR count). The molecule has 2 aliphatic heterocycles. The molecule has 1 saturated carbocycles. The predicted molar refractivity (Wildman–Crippen MR) is 141 cm³/mol. The summed E-state index contributed by atoms with van der Waals surface area (Å²) in [5.74, 6) is 1.39. The molecule has 2 aromatic heterocycles. The number of halogens is 1. The van der Waals surface area contributed by atoms with Gasteiger partial charge in [0.05, 0.1) is 26.5 Å². The third-order valence-corrected chi connectivity index (χ3v) is 8.17. The maximum Gasteiger partial charge on any atom is 0.256 e. The largest absolute Gasteiger partial charge is 0.507 e. The summed E-state index contributed by atoms with van der Waals surface area (Å²) in [4.78, 5) is 11.0. The minimum absolute atomic E-state index is 0.0445. The van der Waals surface area contributed by atoms with Crippen molar-refractivity contribution < 1.29 is 19.0 Å². The maximum atomic E-state index is 15.9. The van der Waals surface area contributed by atoms with Gasteiger partial charge in [0, 0.05) is 34.9 Å². The number of ether oxygens (including phenoxy) is 2. The molecule has 10 heteroatoms. The second-order valence-electron chi connectivity index (χ2n) is 10.8. The lowest BCUT2D eigenvalue weighted by Crippen LogP contribution is -2.69. The Balaban J connectivity index is 1.25. The van der Waals surface area contributed by atoms with Crippen LogP contribution in [0.4, 0.5) is 10.3 Å². The normalized spacial score (nSPS) is 26.6. The Morgan fingerprint density at radius 2 is 1.89 bits per heavy atom. The van der Waals surface area contributed by atoms with Gasteiger partial charge in [-0.2, -0.15) is 0 Å². The van der Waals surface area contributed by atoms with Crippen molar-refractivity contribution in [2.75, 3.05) is 19.1 Å². The van der Waals surface area contributed by atoms with Crippen LogP contribution in [0.1, 0.15) is 45.4 Å². The Labute approximate surface area is 221 Å². The predicted octanol–water partition coefficient (Wildman–Crippen LogP) is 4.30. The molecule has 2 bridgehead atoms. The molecule has 1 aromatic carbocycles. The summed E-state index contributed by atoms with van der Waals surface area (Å²) < 4.78 is 26.4. The summed E-state index contributed by atoms with van der Waals surface area (Å²) in [5.41, 5.74) is 1.98. The summed E-state index contributed by atoms with van der Waals surface area (Å²) in [6.07, 6.45) is 8.00. The standard InChI is InChI=1S/C28H33FN6O3/c1-28-10-4-5-18(32-28)13-22(25(28)29)35(19-7-8-19)27-31-15-21(33-34-27)20-9-6-16(11-23(20)36)17-12-24(37-2)26(38-3)30-14-17/h6,9,11-12,14-15,18-19,22,25,32,36H,4-5,7-8,10,13H2,1-3H3/t18-,22-,25-,28+/m0/s1. The van der Waals surface area contributed by atoms with Gasteiger partial charge in [-0.3, -0.25) is 0 Å².